The van der Waals surface area contributed by atoms with Gasteiger partial charge in [-0.25, -0.2) is 4.90 Å². The van der Waals surface area contributed by atoms with E-state index in [-0.39, 0.29) is 11.8 Å². The Bertz CT molecular complexity index is 988. The van der Waals surface area contributed by atoms with E-state index >= 15 is 0 Å². The largest absolute Gasteiger partial charge is 0.268 e. The van der Waals surface area contributed by atoms with Gasteiger partial charge in [0.1, 0.15) is 0 Å². The van der Waals surface area contributed by atoms with Crippen LogP contribution in [0.15, 0.2) is 54.6 Å². The zero-order chi connectivity index (χ0) is 16.1. The molecule has 1 aliphatic rings. The van der Waals surface area contributed by atoms with Gasteiger partial charge in [-0.05, 0) is 47.9 Å². The van der Waals surface area contributed by atoms with Gasteiger partial charge in [0.05, 0.1) is 16.8 Å². The van der Waals surface area contributed by atoms with Crippen molar-refractivity contribution in [3.8, 4) is 0 Å². The Balaban J connectivity index is 1.96. The van der Waals surface area contributed by atoms with E-state index in [1.807, 2.05) is 62.4 Å². The first-order valence-corrected chi connectivity index (χ1v) is 7.56. The van der Waals surface area contributed by atoms with Crippen molar-refractivity contribution in [2.45, 2.75) is 13.8 Å². The molecule has 0 aliphatic carbocycles. The van der Waals surface area contributed by atoms with Gasteiger partial charge in [0.15, 0.2) is 0 Å². The summed E-state index contributed by atoms with van der Waals surface area (Å²) in [7, 11) is 0. The highest BCUT2D eigenvalue weighted by Crippen LogP contribution is 2.34. The molecule has 0 atom stereocenters. The number of carbonyl (C=O) groups is 2. The van der Waals surface area contributed by atoms with Gasteiger partial charge in [-0.15, -0.1) is 0 Å². The zero-order valence-electron chi connectivity index (χ0n) is 13.0. The molecule has 0 aromatic heterocycles. The molecule has 1 aliphatic heterocycles. The van der Waals surface area contributed by atoms with Crippen molar-refractivity contribution in [2.75, 3.05) is 4.90 Å². The molecule has 4 rings (SSSR count). The Morgan fingerprint density at radius 2 is 1.61 bits per heavy atom. The minimum absolute atomic E-state index is 0.240. The minimum Gasteiger partial charge on any atom is -0.268 e. The van der Waals surface area contributed by atoms with Crippen LogP contribution in [-0.2, 0) is 0 Å². The molecule has 23 heavy (non-hydrogen) atoms. The van der Waals surface area contributed by atoms with E-state index in [2.05, 4.69) is 0 Å². The molecule has 0 N–H and O–H groups in total. The molecule has 0 bridgehead atoms. The Labute approximate surface area is 134 Å². The van der Waals surface area contributed by atoms with Gasteiger partial charge in [0, 0.05) is 0 Å². The number of nitrogens with zero attached hydrogens (tertiary/aromatic N) is 1. The Kier molecular flexibility index (Phi) is 2.85. The number of amides is 2. The lowest BCUT2D eigenvalue weighted by Gasteiger charge is -2.17. The molecule has 2 amide bonds. The topological polar surface area (TPSA) is 37.4 Å². The van der Waals surface area contributed by atoms with Crippen molar-refractivity contribution >= 4 is 28.3 Å². The molecule has 3 aromatic carbocycles. The van der Waals surface area contributed by atoms with E-state index in [1.54, 1.807) is 6.07 Å². The van der Waals surface area contributed by atoms with E-state index in [4.69, 9.17) is 0 Å². The Hall–Kier alpha value is -2.94. The summed E-state index contributed by atoms with van der Waals surface area (Å²) in [4.78, 5) is 27.1. The fourth-order valence-corrected chi connectivity index (χ4v) is 3.18. The van der Waals surface area contributed by atoms with Crippen LogP contribution in [0.4, 0.5) is 5.69 Å². The predicted molar refractivity (Wildman–Crippen MR) is 91.0 cm³/mol. The number of rotatable bonds is 1. The van der Waals surface area contributed by atoms with Crippen LogP contribution in [0.3, 0.4) is 0 Å². The summed E-state index contributed by atoms with van der Waals surface area (Å²) in [5.74, 6) is -0.486. The van der Waals surface area contributed by atoms with Gasteiger partial charge in [-0.3, -0.25) is 9.59 Å². The van der Waals surface area contributed by atoms with Crippen LogP contribution >= 0.6 is 0 Å². The fraction of sp³-hybridized carbons (Fsp3) is 0.100. The number of carbonyl (C=O) groups excluding carboxylic acids is 2. The summed E-state index contributed by atoms with van der Waals surface area (Å²) in [6.07, 6.45) is 0. The summed E-state index contributed by atoms with van der Waals surface area (Å²) in [6, 6.07) is 17.1. The monoisotopic (exact) mass is 301 g/mol. The van der Waals surface area contributed by atoms with Crippen LogP contribution in [0.1, 0.15) is 31.8 Å². The number of hydrogen-bond donors (Lipinski definition) is 0. The zero-order valence-corrected chi connectivity index (χ0v) is 13.0. The van der Waals surface area contributed by atoms with Crippen LogP contribution in [0.25, 0.3) is 10.8 Å². The summed E-state index contributed by atoms with van der Waals surface area (Å²) in [5.41, 5.74) is 3.59. The molecule has 0 saturated carbocycles. The lowest BCUT2D eigenvalue weighted by molar-refractivity contribution is 0.0926. The van der Waals surface area contributed by atoms with E-state index in [0.717, 1.165) is 21.9 Å². The number of benzene rings is 3. The summed E-state index contributed by atoms with van der Waals surface area (Å²) in [6.45, 7) is 3.87. The molecule has 3 heteroatoms. The SMILES string of the molecule is Cc1ccc(C)c(N2C(=O)c3ccc4ccccc4c3C2=O)c1. The molecule has 0 radical (unpaired) electrons. The number of anilines is 1. The molecule has 0 unspecified atom stereocenters. The molecule has 3 nitrogen and oxygen atoms in total. The second-order valence-electron chi connectivity index (χ2n) is 5.94. The molecule has 3 aromatic rings. The highest BCUT2D eigenvalue weighted by molar-refractivity contribution is 6.37. The first kappa shape index (κ1) is 13.7. The molecule has 0 spiro atoms. The normalized spacial score (nSPS) is 13.7. The van der Waals surface area contributed by atoms with Crippen molar-refractivity contribution in [1.29, 1.82) is 0 Å². The van der Waals surface area contributed by atoms with Gasteiger partial charge in [-0.2, -0.15) is 0 Å². The second-order valence-corrected chi connectivity index (χ2v) is 5.94. The second kappa shape index (κ2) is 4.78. The molecule has 0 fully saturated rings. The Morgan fingerprint density at radius 3 is 2.43 bits per heavy atom. The van der Waals surface area contributed by atoms with Crippen molar-refractivity contribution in [2.24, 2.45) is 0 Å². The number of fused-ring (bicyclic) bond motifs is 3. The average molecular weight is 301 g/mol. The third-order valence-electron chi connectivity index (χ3n) is 4.39. The van der Waals surface area contributed by atoms with Gasteiger partial charge < -0.3 is 0 Å². The van der Waals surface area contributed by atoms with Crippen LogP contribution in [-0.4, -0.2) is 11.8 Å². The first-order chi connectivity index (χ1) is 11.1. The van der Waals surface area contributed by atoms with Gasteiger partial charge in [0.25, 0.3) is 11.8 Å². The van der Waals surface area contributed by atoms with Crippen molar-refractivity contribution < 1.29 is 9.59 Å². The average Bonchev–Trinajstić information content (AvgIpc) is 2.81. The van der Waals surface area contributed by atoms with E-state index in [1.165, 1.54) is 4.90 Å². The Morgan fingerprint density at radius 1 is 0.826 bits per heavy atom. The molecular formula is C20H15NO2. The highest BCUT2D eigenvalue weighted by atomic mass is 16.2. The third kappa shape index (κ3) is 1.90. The highest BCUT2D eigenvalue weighted by Gasteiger charge is 2.38. The fourth-order valence-electron chi connectivity index (χ4n) is 3.18. The van der Waals surface area contributed by atoms with Crippen molar-refractivity contribution in [3.05, 3.63) is 76.9 Å². The van der Waals surface area contributed by atoms with Crippen molar-refractivity contribution in [1.82, 2.24) is 0 Å². The molecule has 0 saturated heterocycles. The first-order valence-electron chi connectivity index (χ1n) is 7.56. The maximum Gasteiger partial charge on any atom is 0.266 e. The minimum atomic E-state index is -0.246. The van der Waals surface area contributed by atoms with Crippen LogP contribution < -0.4 is 4.90 Å². The lowest BCUT2D eigenvalue weighted by atomic mass is 10.0. The molecular weight excluding hydrogens is 286 g/mol. The summed E-state index contributed by atoms with van der Waals surface area (Å²) in [5, 5.41) is 1.80. The van der Waals surface area contributed by atoms with Crippen LogP contribution in [0, 0.1) is 13.8 Å². The maximum absolute atomic E-state index is 13.0. The van der Waals surface area contributed by atoms with Gasteiger partial charge in [0.2, 0.25) is 0 Å². The number of hydrogen-bond acceptors (Lipinski definition) is 2. The number of imide groups is 1. The van der Waals surface area contributed by atoms with E-state index in [0.29, 0.717) is 16.8 Å². The lowest BCUT2D eigenvalue weighted by Crippen LogP contribution is -2.30. The quantitative estimate of drug-likeness (QED) is 0.630. The van der Waals surface area contributed by atoms with E-state index < -0.39 is 0 Å². The van der Waals surface area contributed by atoms with Gasteiger partial charge >= 0.3 is 0 Å². The number of aryl methyl sites for hydroxylation is 2. The van der Waals surface area contributed by atoms with E-state index in [9.17, 15) is 9.59 Å². The van der Waals surface area contributed by atoms with Crippen LogP contribution in [0.2, 0.25) is 0 Å². The van der Waals surface area contributed by atoms with Crippen LogP contribution in [0.5, 0.6) is 0 Å². The predicted octanol–water partition coefficient (Wildman–Crippen LogP) is 4.26. The summed E-state index contributed by atoms with van der Waals surface area (Å²) >= 11 is 0. The molecule has 112 valence electrons. The van der Waals surface area contributed by atoms with Gasteiger partial charge in [-0.1, -0.05) is 42.5 Å². The maximum atomic E-state index is 13.0. The van der Waals surface area contributed by atoms with Crippen molar-refractivity contribution in [3.63, 3.8) is 0 Å². The molecule has 1 heterocycles. The summed E-state index contributed by atoms with van der Waals surface area (Å²) < 4.78 is 0. The third-order valence-corrected chi connectivity index (χ3v) is 4.39. The smallest absolute Gasteiger partial charge is 0.266 e. The standard InChI is InChI=1S/C20H15NO2/c1-12-7-8-13(2)17(11-12)21-19(22)16-10-9-14-5-3-4-6-15(14)18(16)20(21)23/h3-11H,1-2H3.